The van der Waals surface area contributed by atoms with E-state index in [9.17, 15) is 19.5 Å². The van der Waals surface area contributed by atoms with E-state index in [1.807, 2.05) is 18.2 Å². The molecule has 1 aromatic carbocycles. The Hall–Kier alpha value is -2.37. The van der Waals surface area contributed by atoms with Crippen molar-refractivity contribution in [3.05, 3.63) is 35.9 Å². The first kappa shape index (κ1) is 14.7. The topological polar surface area (TPSA) is 95.5 Å². The van der Waals surface area contributed by atoms with Crippen LogP contribution < -0.4 is 10.4 Å². The van der Waals surface area contributed by atoms with Gasteiger partial charge in [0.2, 0.25) is 0 Å². The zero-order valence-corrected chi connectivity index (χ0v) is 10.3. The summed E-state index contributed by atoms with van der Waals surface area (Å²) in [7, 11) is 0. The van der Waals surface area contributed by atoms with E-state index in [0.717, 1.165) is 5.56 Å². The van der Waals surface area contributed by atoms with Gasteiger partial charge in [0.1, 0.15) is 6.61 Å². The van der Waals surface area contributed by atoms with Crippen molar-refractivity contribution in [2.45, 2.75) is 19.4 Å². The minimum absolute atomic E-state index is 0.111. The monoisotopic (exact) mass is 264 g/mol. The summed E-state index contributed by atoms with van der Waals surface area (Å²) in [5, 5.41) is 12.4. The Balaban J connectivity index is 2.17. The molecule has 0 aliphatic carbocycles. The highest BCUT2D eigenvalue weighted by atomic mass is 16.5. The zero-order chi connectivity index (χ0) is 14.1. The summed E-state index contributed by atoms with van der Waals surface area (Å²) in [6.07, 6.45) is -1.23. The van der Waals surface area contributed by atoms with Gasteiger partial charge >= 0.3 is 6.09 Å². The predicted molar refractivity (Wildman–Crippen MR) is 63.9 cm³/mol. The van der Waals surface area contributed by atoms with Crippen LogP contribution >= 0.6 is 0 Å². The second-order valence-corrected chi connectivity index (χ2v) is 3.83. The molecule has 0 radical (unpaired) electrons. The molecule has 6 heteroatoms. The summed E-state index contributed by atoms with van der Waals surface area (Å²) in [6, 6.07) is 9.09. The molecule has 102 valence electrons. The van der Waals surface area contributed by atoms with Crippen molar-refractivity contribution >= 4 is 17.8 Å². The summed E-state index contributed by atoms with van der Waals surface area (Å²) >= 11 is 0. The standard InChI is InChI=1S/C13H15NO5/c15-11(6-7-12(16)17)8-14-13(18)19-9-10-4-2-1-3-5-10/h1-5H,6-9H2,(H,14,18)(H,16,17)/p-1. The van der Waals surface area contributed by atoms with Crippen LogP contribution in [-0.4, -0.2) is 24.4 Å². The molecule has 0 atom stereocenters. The number of hydrogen-bond acceptors (Lipinski definition) is 5. The Morgan fingerprint density at radius 1 is 1.11 bits per heavy atom. The maximum Gasteiger partial charge on any atom is 0.407 e. The first-order chi connectivity index (χ1) is 9.08. The van der Waals surface area contributed by atoms with Gasteiger partial charge < -0.3 is 20.0 Å². The largest absolute Gasteiger partial charge is 0.550 e. The van der Waals surface area contributed by atoms with Crippen molar-refractivity contribution in [2.75, 3.05) is 6.54 Å². The quantitative estimate of drug-likeness (QED) is 0.748. The van der Waals surface area contributed by atoms with Gasteiger partial charge in [0.25, 0.3) is 0 Å². The highest BCUT2D eigenvalue weighted by Crippen LogP contribution is 2.00. The molecule has 0 saturated heterocycles. The van der Waals surface area contributed by atoms with Crippen molar-refractivity contribution in [1.29, 1.82) is 0 Å². The van der Waals surface area contributed by atoms with E-state index in [-0.39, 0.29) is 31.8 Å². The second kappa shape index (κ2) is 7.86. The lowest BCUT2D eigenvalue weighted by Gasteiger charge is -2.06. The summed E-state index contributed by atoms with van der Waals surface area (Å²) < 4.78 is 4.87. The molecule has 0 aliphatic rings. The van der Waals surface area contributed by atoms with E-state index in [2.05, 4.69) is 5.32 Å². The molecule has 0 spiro atoms. The number of ether oxygens (including phenoxy) is 1. The fraction of sp³-hybridized carbons (Fsp3) is 0.308. The molecule has 1 N–H and O–H groups in total. The zero-order valence-electron chi connectivity index (χ0n) is 10.3. The predicted octanol–water partition coefficient (Wildman–Crippen LogP) is 0.0120. The van der Waals surface area contributed by atoms with Crippen molar-refractivity contribution in [3.63, 3.8) is 0 Å². The van der Waals surface area contributed by atoms with E-state index in [0.29, 0.717) is 0 Å². The minimum Gasteiger partial charge on any atom is -0.550 e. The lowest BCUT2D eigenvalue weighted by Crippen LogP contribution is -2.31. The van der Waals surface area contributed by atoms with Crippen molar-refractivity contribution < 1.29 is 24.2 Å². The number of carbonyl (C=O) groups is 3. The van der Waals surface area contributed by atoms with Crippen LogP contribution in [0.15, 0.2) is 30.3 Å². The van der Waals surface area contributed by atoms with E-state index in [1.165, 1.54) is 0 Å². The summed E-state index contributed by atoms with van der Waals surface area (Å²) in [5.41, 5.74) is 0.834. The molecule has 1 rings (SSSR count). The molecule has 0 bridgehead atoms. The molecule has 1 aromatic rings. The molecule has 0 fully saturated rings. The molecule has 0 heterocycles. The maximum absolute atomic E-state index is 11.2. The van der Waals surface area contributed by atoms with Gasteiger partial charge in [-0.3, -0.25) is 4.79 Å². The lowest BCUT2D eigenvalue weighted by atomic mass is 10.2. The fourth-order valence-electron chi connectivity index (χ4n) is 1.27. The van der Waals surface area contributed by atoms with Crippen LogP contribution in [0.4, 0.5) is 4.79 Å². The van der Waals surface area contributed by atoms with Gasteiger partial charge in [-0.1, -0.05) is 30.3 Å². The number of carbonyl (C=O) groups excluding carboxylic acids is 3. The third-order valence-corrected chi connectivity index (χ3v) is 2.25. The third kappa shape index (κ3) is 6.82. The van der Waals surface area contributed by atoms with Crippen LogP contribution in [0, 0.1) is 0 Å². The van der Waals surface area contributed by atoms with Gasteiger partial charge in [-0.05, 0) is 12.0 Å². The number of amides is 1. The first-order valence-electron chi connectivity index (χ1n) is 5.74. The van der Waals surface area contributed by atoms with E-state index in [1.54, 1.807) is 12.1 Å². The normalized spacial score (nSPS) is 9.68. The number of carboxylic acids is 1. The van der Waals surface area contributed by atoms with Gasteiger partial charge in [0.05, 0.1) is 6.54 Å². The van der Waals surface area contributed by atoms with E-state index >= 15 is 0 Å². The van der Waals surface area contributed by atoms with Crippen LogP contribution in [0.2, 0.25) is 0 Å². The van der Waals surface area contributed by atoms with Crippen LogP contribution in [0.3, 0.4) is 0 Å². The summed E-state index contributed by atoms with van der Waals surface area (Å²) in [4.78, 5) is 32.5. The maximum atomic E-state index is 11.2. The Bertz CT molecular complexity index is 444. The van der Waals surface area contributed by atoms with Crippen LogP contribution in [-0.2, 0) is 20.9 Å². The SMILES string of the molecule is O=C([O-])CCC(=O)CNC(=O)OCc1ccccc1. The average molecular weight is 264 g/mol. The highest BCUT2D eigenvalue weighted by Gasteiger charge is 2.06. The molecule has 0 unspecified atom stereocenters. The minimum atomic E-state index is -1.29. The molecule has 0 saturated carbocycles. The smallest absolute Gasteiger partial charge is 0.407 e. The van der Waals surface area contributed by atoms with Gasteiger partial charge in [-0.2, -0.15) is 0 Å². The lowest BCUT2D eigenvalue weighted by molar-refractivity contribution is -0.305. The highest BCUT2D eigenvalue weighted by molar-refractivity contribution is 5.86. The molecular weight excluding hydrogens is 250 g/mol. The number of ketones is 1. The van der Waals surface area contributed by atoms with Crippen molar-refractivity contribution in [2.24, 2.45) is 0 Å². The number of hydrogen-bond donors (Lipinski definition) is 1. The number of rotatable bonds is 7. The van der Waals surface area contributed by atoms with E-state index in [4.69, 9.17) is 4.74 Å². The number of Topliss-reactive ketones (excluding diaryl/α,β-unsaturated/α-hetero) is 1. The fourth-order valence-corrected chi connectivity index (χ4v) is 1.27. The molecule has 6 nitrogen and oxygen atoms in total. The summed E-state index contributed by atoms with van der Waals surface area (Å²) in [5.74, 6) is -1.68. The van der Waals surface area contributed by atoms with Gasteiger partial charge in [-0.25, -0.2) is 4.79 Å². The Morgan fingerprint density at radius 2 is 1.79 bits per heavy atom. The molecule has 0 aliphatic heterocycles. The van der Waals surface area contributed by atoms with Crippen LogP contribution in [0.1, 0.15) is 18.4 Å². The second-order valence-electron chi connectivity index (χ2n) is 3.83. The van der Waals surface area contributed by atoms with Gasteiger partial charge in [0, 0.05) is 12.4 Å². The Labute approximate surface area is 110 Å². The molecule has 1 amide bonds. The number of carboxylic acid groups (broad SMARTS) is 1. The molecular formula is C13H14NO5-. The summed E-state index contributed by atoms with van der Waals surface area (Å²) in [6.45, 7) is -0.138. The molecule has 19 heavy (non-hydrogen) atoms. The Kier molecular flexibility index (Phi) is 6.08. The van der Waals surface area contributed by atoms with Crippen molar-refractivity contribution in [1.82, 2.24) is 5.32 Å². The number of benzene rings is 1. The van der Waals surface area contributed by atoms with E-state index < -0.39 is 12.1 Å². The number of aliphatic carboxylic acids is 1. The van der Waals surface area contributed by atoms with Crippen LogP contribution in [0.25, 0.3) is 0 Å². The third-order valence-electron chi connectivity index (χ3n) is 2.25. The Morgan fingerprint density at radius 3 is 2.42 bits per heavy atom. The van der Waals surface area contributed by atoms with Crippen molar-refractivity contribution in [3.8, 4) is 0 Å². The number of nitrogens with one attached hydrogen (secondary N) is 1. The van der Waals surface area contributed by atoms with Crippen LogP contribution in [0.5, 0.6) is 0 Å². The van der Waals surface area contributed by atoms with Gasteiger partial charge in [-0.15, -0.1) is 0 Å². The molecule has 0 aromatic heterocycles. The van der Waals surface area contributed by atoms with Gasteiger partial charge in [0.15, 0.2) is 5.78 Å². The number of alkyl carbamates (subject to hydrolysis) is 1. The first-order valence-corrected chi connectivity index (χ1v) is 5.74. The average Bonchev–Trinajstić information content (AvgIpc) is 2.41.